The number of amides is 1. The van der Waals surface area contributed by atoms with E-state index in [0.29, 0.717) is 16.4 Å². The fraction of sp³-hybridized carbons (Fsp3) is 0.158. The lowest BCUT2D eigenvalue weighted by atomic mass is 10.2. The van der Waals surface area contributed by atoms with Gasteiger partial charge in [-0.25, -0.2) is 13.4 Å². The van der Waals surface area contributed by atoms with E-state index in [1.165, 1.54) is 34.4 Å². The molecule has 2 aromatic carbocycles. The third-order valence-corrected chi connectivity index (χ3v) is 7.32. The second kappa shape index (κ2) is 7.65. The number of hydrogen-bond acceptors (Lipinski definition) is 5. The number of sulfonamides is 1. The van der Waals surface area contributed by atoms with Crippen LogP contribution in [0.3, 0.4) is 0 Å². The zero-order chi connectivity index (χ0) is 19.7. The molecule has 6 nitrogen and oxygen atoms in total. The smallest absolute Gasteiger partial charge is 0.261 e. The van der Waals surface area contributed by atoms with E-state index in [9.17, 15) is 13.2 Å². The molecular formula is C19H16BrN3O3S2. The average Bonchev–Trinajstić information content (AvgIpc) is 3.23. The van der Waals surface area contributed by atoms with E-state index in [0.717, 1.165) is 29.4 Å². The first-order valence-electron chi connectivity index (χ1n) is 8.59. The number of aromatic nitrogens is 1. The molecule has 9 heteroatoms. The van der Waals surface area contributed by atoms with Crippen LogP contribution in [0.5, 0.6) is 0 Å². The minimum atomic E-state index is -3.74. The van der Waals surface area contributed by atoms with Crippen LogP contribution in [0.25, 0.3) is 0 Å². The summed E-state index contributed by atoms with van der Waals surface area (Å²) >= 11 is 4.78. The van der Waals surface area contributed by atoms with Gasteiger partial charge in [-0.15, -0.1) is 11.3 Å². The SMILES string of the molecule is O=C(Nc1nc2c(s1)CCC2)c1cccc(NS(=O)(=O)c2ccc(Br)cc2)c1. The lowest BCUT2D eigenvalue weighted by molar-refractivity contribution is 0.102. The number of halogens is 1. The molecule has 3 aromatic rings. The lowest BCUT2D eigenvalue weighted by Gasteiger charge is -2.09. The Hall–Kier alpha value is -2.23. The van der Waals surface area contributed by atoms with Crippen LogP contribution in [-0.4, -0.2) is 19.3 Å². The third-order valence-electron chi connectivity index (χ3n) is 4.32. The minimum Gasteiger partial charge on any atom is -0.298 e. The number of nitrogens with one attached hydrogen (secondary N) is 2. The molecule has 1 amide bonds. The maximum atomic E-state index is 12.5. The molecule has 0 atom stereocenters. The Bertz CT molecular complexity index is 1120. The summed E-state index contributed by atoms with van der Waals surface area (Å²) in [5.74, 6) is -0.322. The van der Waals surface area contributed by atoms with Crippen molar-refractivity contribution >= 4 is 54.0 Å². The summed E-state index contributed by atoms with van der Waals surface area (Å²) in [5, 5.41) is 3.38. The first kappa shape index (κ1) is 19.1. The Balaban J connectivity index is 1.50. The fourth-order valence-electron chi connectivity index (χ4n) is 2.96. The first-order valence-corrected chi connectivity index (χ1v) is 11.7. The van der Waals surface area contributed by atoms with Crippen LogP contribution in [0, 0.1) is 0 Å². The number of hydrogen-bond donors (Lipinski definition) is 2. The molecule has 4 rings (SSSR count). The highest BCUT2D eigenvalue weighted by Gasteiger charge is 2.19. The second-order valence-electron chi connectivity index (χ2n) is 6.34. The maximum absolute atomic E-state index is 12.5. The van der Waals surface area contributed by atoms with Crippen LogP contribution < -0.4 is 10.0 Å². The van der Waals surface area contributed by atoms with E-state index >= 15 is 0 Å². The van der Waals surface area contributed by atoms with Crippen LogP contribution in [0.2, 0.25) is 0 Å². The number of carbonyl (C=O) groups is 1. The molecule has 1 aliphatic carbocycles. The van der Waals surface area contributed by atoms with Crippen LogP contribution >= 0.6 is 27.3 Å². The Morgan fingerprint density at radius 3 is 2.64 bits per heavy atom. The van der Waals surface area contributed by atoms with Gasteiger partial charge in [0.15, 0.2) is 5.13 Å². The largest absolute Gasteiger partial charge is 0.298 e. The third kappa shape index (κ3) is 4.11. The van der Waals surface area contributed by atoms with Crippen molar-refractivity contribution in [1.29, 1.82) is 0 Å². The summed E-state index contributed by atoms with van der Waals surface area (Å²) < 4.78 is 28.4. The van der Waals surface area contributed by atoms with E-state index in [2.05, 4.69) is 31.0 Å². The molecule has 144 valence electrons. The van der Waals surface area contributed by atoms with Crippen molar-refractivity contribution in [3.8, 4) is 0 Å². The monoisotopic (exact) mass is 477 g/mol. The van der Waals surface area contributed by atoms with Crippen molar-refractivity contribution in [2.45, 2.75) is 24.2 Å². The molecule has 0 unspecified atom stereocenters. The average molecular weight is 478 g/mol. The van der Waals surface area contributed by atoms with Gasteiger partial charge in [-0.3, -0.25) is 14.8 Å². The molecule has 2 N–H and O–H groups in total. The molecule has 0 saturated heterocycles. The van der Waals surface area contributed by atoms with E-state index in [1.807, 2.05) is 0 Å². The quantitative estimate of drug-likeness (QED) is 0.568. The maximum Gasteiger partial charge on any atom is 0.261 e. The first-order chi connectivity index (χ1) is 13.4. The van der Waals surface area contributed by atoms with Gasteiger partial charge in [-0.05, 0) is 61.7 Å². The molecule has 0 aliphatic heterocycles. The Morgan fingerprint density at radius 2 is 1.89 bits per heavy atom. The van der Waals surface area contributed by atoms with Crippen molar-refractivity contribution in [3.05, 3.63) is 69.1 Å². The number of fused-ring (bicyclic) bond motifs is 1. The van der Waals surface area contributed by atoms with E-state index in [1.54, 1.807) is 30.3 Å². The van der Waals surface area contributed by atoms with Crippen LogP contribution in [0.1, 0.15) is 27.3 Å². The van der Waals surface area contributed by atoms with E-state index < -0.39 is 10.0 Å². The summed E-state index contributed by atoms with van der Waals surface area (Å²) in [6.45, 7) is 0. The highest BCUT2D eigenvalue weighted by Crippen LogP contribution is 2.30. The summed E-state index contributed by atoms with van der Waals surface area (Å²) in [5.41, 5.74) is 1.74. The van der Waals surface area contributed by atoms with Crippen molar-refractivity contribution in [2.24, 2.45) is 0 Å². The number of thiazole rings is 1. The zero-order valence-corrected chi connectivity index (χ0v) is 17.8. The van der Waals surface area contributed by atoms with Gasteiger partial charge < -0.3 is 0 Å². The minimum absolute atomic E-state index is 0.142. The predicted octanol–water partition coefficient (Wildman–Crippen LogP) is 4.45. The molecule has 0 spiro atoms. The Labute approximate surface area is 175 Å². The highest BCUT2D eigenvalue weighted by molar-refractivity contribution is 9.10. The number of aryl methyl sites for hydroxylation is 2. The standard InChI is InChI=1S/C19H16BrN3O3S2/c20-13-7-9-15(10-8-13)28(25,26)23-14-4-1-3-12(11-14)18(24)22-19-21-16-5-2-6-17(16)27-19/h1,3-4,7-11,23H,2,5-6H2,(H,21,22,24). The number of benzene rings is 2. The van der Waals surface area contributed by atoms with Gasteiger partial charge in [-0.2, -0.15) is 0 Å². The van der Waals surface area contributed by atoms with Crippen LogP contribution in [-0.2, 0) is 22.9 Å². The summed E-state index contributed by atoms with van der Waals surface area (Å²) in [7, 11) is -3.74. The molecule has 1 heterocycles. The molecular weight excluding hydrogens is 462 g/mol. The molecule has 0 saturated carbocycles. The van der Waals surface area contributed by atoms with Gasteiger partial charge in [0.1, 0.15) is 0 Å². The number of anilines is 2. The van der Waals surface area contributed by atoms with Crippen molar-refractivity contribution in [3.63, 3.8) is 0 Å². The van der Waals surface area contributed by atoms with Crippen LogP contribution in [0.4, 0.5) is 10.8 Å². The van der Waals surface area contributed by atoms with Gasteiger partial charge in [0, 0.05) is 20.6 Å². The van der Waals surface area contributed by atoms with E-state index in [4.69, 9.17) is 0 Å². The highest BCUT2D eigenvalue weighted by atomic mass is 79.9. The zero-order valence-electron chi connectivity index (χ0n) is 14.6. The van der Waals surface area contributed by atoms with Gasteiger partial charge in [-0.1, -0.05) is 22.0 Å². The fourth-order valence-corrected chi connectivity index (χ4v) is 5.32. The number of carbonyl (C=O) groups excluding carboxylic acids is 1. The van der Waals surface area contributed by atoms with E-state index in [-0.39, 0.29) is 10.8 Å². The normalized spacial score (nSPS) is 13.2. The van der Waals surface area contributed by atoms with Gasteiger partial charge in [0.2, 0.25) is 0 Å². The van der Waals surface area contributed by atoms with Crippen molar-refractivity contribution in [1.82, 2.24) is 4.98 Å². The summed E-state index contributed by atoms with van der Waals surface area (Å²) in [6.07, 6.45) is 3.08. The molecule has 1 aliphatic rings. The van der Waals surface area contributed by atoms with Gasteiger partial charge >= 0.3 is 0 Å². The molecule has 0 bridgehead atoms. The number of rotatable bonds is 5. The topological polar surface area (TPSA) is 88.2 Å². The lowest BCUT2D eigenvalue weighted by Crippen LogP contribution is -2.15. The second-order valence-corrected chi connectivity index (χ2v) is 10.0. The Kier molecular flexibility index (Phi) is 5.22. The molecule has 1 aromatic heterocycles. The molecule has 0 fully saturated rings. The van der Waals surface area contributed by atoms with Crippen LogP contribution in [0.15, 0.2) is 57.9 Å². The number of nitrogens with zero attached hydrogens (tertiary/aromatic N) is 1. The predicted molar refractivity (Wildman–Crippen MR) is 113 cm³/mol. The molecule has 0 radical (unpaired) electrons. The Morgan fingerprint density at radius 1 is 1.11 bits per heavy atom. The molecule has 28 heavy (non-hydrogen) atoms. The summed E-state index contributed by atoms with van der Waals surface area (Å²) in [6, 6.07) is 12.7. The summed E-state index contributed by atoms with van der Waals surface area (Å²) in [4.78, 5) is 18.4. The van der Waals surface area contributed by atoms with Crippen molar-refractivity contribution < 1.29 is 13.2 Å². The van der Waals surface area contributed by atoms with Crippen molar-refractivity contribution in [2.75, 3.05) is 10.0 Å². The van der Waals surface area contributed by atoms with Gasteiger partial charge in [0.05, 0.1) is 10.6 Å². The van der Waals surface area contributed by atoms with Gasteiger partial charge in [0.25, 0.3) is 15.9 Å².